The van der Waals surface area contributed by atoms with Gasteiger partial charge >= 0.3 is 0 Å². The molecule has 1 fully saturated rings. The van der Waals surface area contributed by atoms with E-state index in [0.717, 1.165) is 22.1 Å². The van der Waals surface area contributed by atoms with E-state index in [9.17, 15) is 4.79 Å². The predicted molar refractivity (Wildman–Crippen MR) is 84.8 cm³/mol. The fourth-order valence-corrected chi connectivity index (χ4v) is 4.46. The first kappa shape index (κ1) is 14.1. The van der Waals surface area contributed by atoms with Crippen LogP contribution in [0, 0.1) is 12.8 Å². The number of carbonyl (C=O) groups excluding carboxylic acids is 1. The zero-order valence-electron chi connectivity index (χ0n) is 12.3. The fraction of sp³-hybridized carbons (Fsp3) is 0.588. The number of nitrogens with zero attached hydrogens (tertiary/aromatic N) is 1. The SMILES string of the molecule is Cc1cc(Br)cc2c1C(=O)N([C@@H](C)C1CCCCC1)C2. The molecular weight excluding hydrogens is 314 g/mol. The Bertz CT molecular complexity index is 534. The van der Waals surface area contributed by atoms with Gasteiger partial charge in [0, 0.05) is 22.6 Å². The Morgan fingerprint density at radius 2 is 1.95 bits per heavy atom. The summed E-state index contributed by atoms with van der Waals surface area (Å²) in [6.07, 6.45) is 6.58. The third-order valence-corrected chi connectivity index (χ3v) is 5.48. The minimum atomic E-state index is 0.239. The quantitative estimate of drug-likeness (QED) is 0.768. The Kier molecular flexibility index (Phi) is 3.89. The second-order valence-corrected chi connectivity index (χ2v) is 7.24. The molecule has 0 spiro atoms. The molecule has 0 bridgehead atoms. The van der Waals surface area contributed by atoms with E-state index >= 15 is 0 Å². The topological polar surface area (TPSA) is 20.3 Å². The van der Waals surface area contributed by atoms with Crippen molar-refractivity contribution in [2.45, 2.75) is 58.5 Å². The smallest absolute Gasteiger partial charge is 0.255 e. The highest BCUT2D eigenvalue weighted by atomic mass is 79.9. The summed E-state index contributed by atoms with van der Waals surface area (Å²) < 4.78 is 1.08. The minimum absolute atomic E-state index is 0.239. The van der Waals surface area contributed by atoms with Crippen LogP contribution in [0.1, 0.15) is 60.5 Å². The largest absolute Gasteiger partial charge is 0.331 e. The van der Waals surface area contributed by atoms with E-state index in [-0.39, 0.29) is 5.91 Å². The molecule has 2 nitrogen and oxygen atoms in total. The number of hydrogen-bond acceptors (Lipinski definition) is 1. The van der Waals surface area contributed by atoms with Crippen molar-refractivity contribution >= 4 is 21.8 Å². The number of rotatable bonds is 2. The summed E-state index contributed by atoms with van der Waals surface area (Å²) in [5, 5.41) is 0. The Morgan fingerprint density at radius 3 is 2.65 bits per heavy atom. The lowest BCUT2D eigenvalue weighted by Crippen LogP contribution is -2.39. The highest BCUT2D eigenvalue weighted by Crippen LogP contribution is 2.35. The van der Waals surface area contributed by atoms with E-state index in [0.29, 0.717) is 12.0 Å². The zero-order chi connectivity index (χ0) is 14.3. The molecule has 1 heterocycles. The van der Waals surface area contributed by atoms with Gasteiger partial charge in [0.05, 0.1) is 0 Å². The number of halogens is 1. The van der Waals surface area contributed by atoms with E-state index in [2.05, 4.69) is 33.8 Å². The van der Waals surface area contributed by atoms with Crippen molar-refractivity contribution in [3.63, 3.8) is 0 Å². The number of aryl methyl sites for hydroxylation is 1. The van der Waals surface area contributed by atoms with Crippen LogP contribution in [0.3, 0.4) is 0 Å². The van der Waals surface area contributed by atoms with Crippen molar-refractivity contribution < 1.29 is 4.79 Å². The van der Waals surface area contributed by atoms with Gasteiger partial charge in [-0.1, -0.05) is 35.2 Å². The molecule has 1 amide bonds. The molecular formula is C17H22BrNO. The van der Waals surface area contributed by atoms with Gasteiger partial charge in [-0.3, -0.25) is 4.79 Å². The lowest BCUT2D eigenvalue weighted by molar-refractivity contribution is 0.0623. The summed E-state index contributed by atoms with van der Waals surface area (Å²) in [5.74, 6) is 0.925. The average molecular weight is 336 g/mol. The van der Waals surface area contributed by atoms with E-state index in [1.807, 2.05) is 13.0 Å². The Morgan fingerprint density at radius 1 is 1.25 bits per heavy atom. The summed E-state index contributed by atoms with van der Waals surface area (Å²) in [6.45, 7) is 5.06. The average Bonchev–Trinajstić information content (AvgIpc) is 2.76. The van der Waals surface area contributed by atoms with Crippen molar-refractivity contribution in [1.82, 2.24) is 4.90 Å². The van der Waals surface area contributed by atoms with Crippen LogP contribution in [-0.4, -0.2) is 16.8 Å². The van der Waals surface area contributed by atoms with Gasteiger partial charge in [-0.2, -0.15) is 0 Å². The fourth-order valence-electron chi connectivity index (χ4n) is 3.84. The van der Waals surface area contributed by atoms with E-state index in [4.69, 9.17) is 0 Å². The molecule has 108 valence electrons. The maximum Gasteiger partial charge on any atom is 0.255 e. The van der Waals surface area contributed by atoms with Crippen LogP contribution in [-0.2, 0) is 6.54 Å². The molecule has 0 radical (unpaired) electrons. The molecule has 0 saturated heterocycles. The number of carbonyl (C=O) groups is 1. The van der Waals surface area contributed by atoms with Crippen molar-refractivity contribution in [3.05, 3.63) is 33.3 Å². The molecule has 1 aromatic carbocycles. The number of amides is 1. The second kappa shape index (κ2) is 5.51. The first-order valence-electron chi connectivity index (χ1n) is 7.68. The van der Waals surface area contributed by atoms with Gasteiger partial charge in [0.1, 0.15) is 0 Å². The first-order chi connectivity index (χ1) is 9.58. The van der Waals surface area contributed by atoms with Crippen LogP contribution in [0.15, 0.2) is 16.6 Å². The van der Waals surface area contributed by atoms with Crippen molar-refractivity contribution in [3.8, 4) is 0 Å². The third kappa shape index (κ3) is 2.41. The molecule has 0 unspecified atom stereocenters. The van der Waals surface area contributed by atoms with Gasteiger partial charge in [0.2, 0.25) is 0 Å². The molecule has 1 atom stereocenters. The normalized spacial score (nSPS) is 21.1. The third-order valence-electron chi connectivity index (χ3n) is 5.02. The summed E-state index contributed by atoms with van der Waals surface area (Å²) in [4.78, 5) is 14.8. The maximum absolute atomic E-state index is 12.7. The standard InChI is InChI=1S/C17H22BrNO/c1-11-8-15(18)9-14-10-19(17(20)16(11)14)12(2)13-6-4-3-5-7-13/h8-9,12-13H,3-7,10H2,1-2H3/t12-/m0/s1. The van der Waals surface area contributed by atoms with Crippen LogP contribution in [0.25, 0.3) is 0 Å². The second-order valence-electron chi connectivity index (χ2n) is 6.33. The van der Waals surface area contributed by atoms with Crippen LogP contribution in [0.4, 0.5) is 0 Å². The van der Waals surface area contributed by atoms with E-state index in [1.165, 1.54) is 37.7 Å². The van der Waals surface area contributed by atoms with E-state index in [1.54, 1.807) is 0 Å². The van der Waals surface area contributed by atoms with Crippen LogP contribution in [0.2, 0.25) is 0 Å². The number of benzene rings is 1. The lowest BCUT2D eigenvalue weighted by atomic mass is 9.84. The molecule has 0 aromatic heterocycles. The highest BCUT2D eigenvalue weighted by Gasteiger charge is 2.35. The van der Waals surface area contributed by atoms with Crippen LogP contribution < -0.4 is 0 Å². The molecule has 3 rings (SSSR count). The predicted octanol–water partition coefficient (Wildman–Crippen LogP) is 4.68. The van der Waals surface area contributed by atoms with Gasteiger partial charge in [-0.05, 0) is 55.9 Å². The maximum atomic E-state index is 12.7. The summed E-state index contributed by atoms with van der Waals surface area (Å²) in [6, 6.07) is 4.52. The van der Waals surface area contributed by atoms with Gasteiger partial charge in [-0.15, -0.1) is 0 Å². The van der Waals surface area contributed by atoms with Gasteiger partial charge in [0.25, 0.3) is 5.91 Å². The number of fused-ring (bicyclic) bond motifs is 1. The molecule has 1 aliphatic heterocycles. The summed E-state index contributed by atoms with van der Waals surface area (Å²) in [7, 11) is 0. The number of hydrogen-bond donors (Lipinski definition) is 0. The van der Waals surface area contributed by atoms with Crippen LogP contribution >= 0.6 is 15.9 Å². The molecule has 20 heavy (non-hydrogen) atoms. The first-order valence-corrected chi connectivity index (χ1v) is 8.47. The highest BCUT2D eigenvalue weighted by molar-refractivity contribution is 9.10. The van der Waals surface area contributed by atoms with Gasteiger partial charge in [-0.25, -0.2) is 0 Å². The molecule has 0 N–H and O–H groups in total. The zero-order valence-corrected chi connectivity index (χ0v) is 13.9. The van der Waals surface area contributed by atoms with Crippen molar-refractivity contribution in [1.29, 1.82) is 0 Å². The van der Waals surface area contributed by atoms with Gasteiger partial charge < -0.3 is 4.90 Å². The Balaban J connectivity index is 1.84. The minimum Gasteiger partial charge on any atom is -0.331 e. The Hall–Kier alpha value is -0.830. The molecule has 1 aromatic rings. The van der Waals surface area contributed by atoms with Crippen molar-refractivity contribution in [2.24, 2.45) is 5.92 Å². The lowest BCUT2D eigenvalue weighted by Gasteiger charge is -2.34. The molecule has 2 aliphatic rings. The molecule has 3 heteroatoms. The van der Waals surface area contributed by atoms with E-state index < -0.39 is 0 Å². The summed E-state index contributed by atoms with van der Waals surface area (Å²) >= 11 is 3.54. The van der Waals surface area contributed by atoms with Crippen molar-refractivity contribution in [2.75, 3.05) is 0 Å². The van der Waals surface area contributed by atoms with Crippen LogP contribution in [0.5, 0.6) is 0 Å². The molecule has 1 saturated carbocycles. The monoisotopic (exact) mass is 335 g/mol. The molecule has 1 aliphatic carbocycles. The summed E-state index contributed by atoms with van der Waals surface area (Å²) in [5.41, 5.74) is 3.22. The van der Waals surface area contributed by atoms with Gasteiger partial charge in [0.15, 0.2) is 0 Å². The Labute approximate surface area is 129 Å².